The quantitative estimate of drug-likeness (QED) is 0.779. The molecule has 1 heterocycles. The molecule has 0 aliphatic carbocycles. The lowest BCUT2D eigenvalue weighted by molar-refractivity contribution is -0.121. The van der Waals surface area contributed by atoms with Gasteiger partial charge >= 0.3 is 0 Å². The maximum absolute atomic E-state index is 11.6. The number of aromatic amines is 1. The summed E-state index contributed by atoms with van der Waals surface area (Å²) in [6.45, 7) is 9.55. The minimum atomic E-state index is 0.0570. The first-order valence-electron chi connectivity index (χ1n) is 6.33. The van der Waals surface area contributed by atoms with Crippen LogP contribution in [0.5, 0.6) is 0 Å². The van der Waals surface area contributed by atoms with E-state index in [1.54, 1.807) is 0 Å². The summed E-state index contributed by atoms with van der Waals surface area (Å²) in [5, 5.41) is 9.85. The van der Waals surface area contributed by atoms with Crippen LogP contribution in [0.15, 0.2) is 0 Å². The van der Waals surface area contributed by atoms with E-state index in [9.17, 15) is 4.79 Å². The van der Waals surface area contributed by atoms with Gasteiger partial charge in [-0.25, -0.2) is 0 Å². The van der Waals surface area contributed by atoms with E-state index in [0.717, 1.165) is 5.82 Å². The van der Waals surface area contributed by atoms with Crippen LogP contribution in [0.2, 0.25) is 0 Å². The van der Waals surface area contributed by atoms with E-state index in [-0.39, 0.29) is 11.8 Å². The Morgan fingerprint density at radius 3 is 2.67 bits per heavy atom. The van der Waals surface area contributed by atoms with Crippen molar-refractivity contribution in [3.8, 4) is 0 Å². The third-order valence-corrected chi connectivity index (χ3v) is 2.89. The topological polar surface area (TPSA) is 62.7 Å². The van der Waals surface area contributed by atoms with Gasteiger partial charge in [-0.2, -0.15) is 5.10 Å². The highest BCUT2D eigenvalue weighted by molar-refractivity contribution is 7.71. The van der Waals surface area contributed by atoms with Gasteiger partial charge in [0.1, 0.15) is 5.82 Å². The van der Waals surface area contributed by atoms with Gasteiger partial charge in [0.05, 0.1) is 0 Å². The van der Waals surface area contributed by atoms with Gasteiger partial charge in [-0.05, 0) is 18.1 Å². The Balaban J connectivity index is 2.56. The van der Waals surface area contributed by atoms with E-state index in [4.69, 9.17) is 12.2 Å². The molecule has 102 valence electrons. The van der Waals surface area contributed by atoms with Gasteiger partial charge in [-0.15, -0.1) is 0 Å². The predicted octanol–water partition coefficient (Wildman–Crippen LogP) is 2.23. The lowest BCUT2D eigenvalue weighted by Crippen LogP contribution is -2.28. The Hall–Kier alpha value is -1.17. The molecule has 0 atom stereocenters. The summed E-state index contributed by atoms with van der Waals surface area (Å²) in [6.07, 6.45) is 0.431. The molecule has 1 aromatic rings. The van der Waals surface area contributed by atoms with Gasteiger partial charge in [0.2, 0.25) is 5.91 Å². The first kappa shape index (κ1) is 14.9. The third-order valence-electron chi connectivity index (χ3n) is 2.57. The van der Waals surface area contributed by atoms with Crippen molar-refractivity contribution in [2.45, 2.75) is 46.6 Å². The van der Waals surface area contributed by atoms with Crippen LogP contribution < -0.4 is 5.32 Å². The molecule has 0 unspecified atom stereocenters. The van der Waals surface area contributed by atoms with E-state index >= 15 is 0 Å². The average Bonchev–Trinajstić information content (AvgIpc) is 2.65. The zero-order chi connectivity index (χ0) is 13.7. The van der Waals surface area contributed by atoms with Crippen LogP contribution in [0, 0.1) is 10.7 Å². The summed E-state index contributed by atoms with van der Waals surface area (Å²) in [4.78, 5) is 11.6. The molecule has 0 bridgehead atoms. The van der Waals surface area contributed by atoms with Gasteiger partial charge in [-0.1, -0.05) is 27.7 Å². The zero-order valence-electron chi connectivity index (χ0n) is 11.5. The summed E-state index contributed by atoms with van der Waals surface area (Å²) < 4.78 is 2.48. The number of carbonyl (C=O) groups excluding carboxylic acids is 1. The van der Waals surface area contributed by atoms with Crippen molar-refractivity contribution in [3.05, 3.63) is 10.6 Å². The summed E-state index contributed by atoms with van der Waals surface area (Å²) in [5.74, 6) is 1.71. The Bertz CT molecular complexity index is 447. The first-order chi connectivity index (χ1) is 8.41. The number of hydrogen-bond acceptors (Lipinski definition) is 3. The highest BCUT2D eigenvalue weighted by atomic mass is 32.1. The van der Waals surface area contributed by atoms with Crippen LogP contribution in [0.4, 0.5) is 0 Å². The standard InChI is InChI=1S/C12H22N4OS/c1-8(2)7-13-10(17)5-6-16-11(9(3)4)14-15-12(16)18/h8-9H,5-7H2,1-4H3,(H,13,17)(H,15,18). The number of nitrogens with one attached hydrogen (secondary N) is 2. The van der Waals surface area contributed by atoms with E-state index in [0.29, 0.717) is 30.2 Å². The molecule has 0 saturated heterocycles. The molecule has 0 saturated carbocycles. The van der Waals surface area contributed by atoms with E-state index in [1.807, 2.05) is 4.57 Å². The maximum Gasteiger partial charge on any atom is 0.221 e. The van der Waals surface area contributed by atoms with E-state index in [1.165, 1.54) is 0 Å². The maximum atomic E-state index is 11.6. The van der Waals surface area contributed by atoms with Gasteiger partial charge in [-0.3, -0.25) is 9.89 Å². The van der Waals surface area contributed by atoms with Crippen molar-refractivity contribution in [2.24, 2.45) is 5.92 Å². The minimum absolute atomic E-state index is 0.0570. The van der Waals surface area contributed by atoms with Crippen LogP contribution in [-0.2, 0) is 11.3 Å². The fourth-order valence-corrected chi connectivity index (χ4v) is 1.84. The molecular formula is C12H22N4OS. The Kier molecular flexibility index (Phi) is 5.53. The zero-order valence-corrected chi connectivity index (χ0v) is 12.3. The van der Waals surface area contributed by atoms with E-state index in [2.05, 4.69) is 43.2 Å². The van der Waals surface area contributed by atoms with Crippen molar-refractivity contribution in [1.29, 1.82) is 0 Å². The Morgan fingerprint density at radius 2 is 2.11 bits per heavy atom. The Morgan fingerprint density at radius 1 is 1.44 bits per heavy atom. The normalized spacial score (nSPS) is 11.2. The second kappa shape index (κ2) is 6.68. The fourth-order valence-electron chi connectivity index (χ4n) is 1.61. The van der Waals surface area contributed by atoms with Crippen molar-refractivity contribution in [2.75, 3.05) is 6.54 Å². The van der Waals surface area contributed by atoms with Crippen LogP contribution in [0.25, 0.3) is 0 Å². The largest absolute Gasteiger partial charge is 0.356 e. The second-order valence-corrected chi connectivity index (χ2v) is 5.53. The van der Waals surface area contributed by atoms with Crippen molar-refractivity contribution >= 4 is 18.1 Å². The SMILES string of the molecule is CC(C)CNC(=O)CCn1c(C(C)C)n[nH]c1=S. The molecule has 2 N–H and O–H groups in total. The van der Waals surface area contributed by atoms with Crippen molar-refractivity contribution in [1.82, 2.24) is 20.1 Å². The molecule has 1 aromatic heterocycles. The van der Waals surface area contributed by atoms with Crippen LogP contribution in [-0.4, -0.2) is 27.2 Å². The van der Waals surface area contributed by atoms with Crippen molar-refractivity contribution in [3.63, 3.8) is 0 Å². The number of amides is 1. The molecule has 0 aliphatic heterocycles. The van der Waals surface area contributed by atoms with Gasteiger partial charge in [0.15, 0.2) is 4.77 Å². The summed E-state index contributed by atoms with van der Waals surface area (Å²) in [7, 11) is 0. The molecule has 5 nitrogen and oxygen atoms in total. The molecule has 18 heavy (non-hydrogen) atoms. The number of nitrogens with zero attached hydrogens (tertiary/aromatic N) is 2. The predicted molar refractivity (Wildman–Crippen MR) is 74.0 cm³/mol. The molecule has 0 spiro atoms. The lowest BCUT2D eigenvalue weighted by atomic mass is 10.2. The van der Waals surface area contributed by atoms with E-state index < -0.39 is 0 Å². The lowest BCUT2D eigenvalue weighted by Gasteiger charge is -2.10. The number of hydrogen-bond donors (Lipinski definition) is 2. The molecular weight excluding hydrogens is 248 g/mol. The molecule has 0 fully saturated rings. The second-order valence-electron chi connectivity index (χ2n) is 5.14. The third kappa shape index (κ3) is 4.25. The summed E-state index contributed by atoms with van der Waals surface area (Å²) in [6, 6.07) is 0. The molecule has 1 rings (SSSR count). The van der Waals surface area contributed by atoms with Gasteiger partial charge < -0.3 is 9.88 Å². The minimum Gasteiger partial charge on any atom is -0.356 e. The fraction of sp³-hybridized carbons (Fsp3) is 0.750. The van der Waals surface area contributed by atoms with Crippen molar-refractivity contribution < 1.29 is 4.79 Å². The van der Waals surface area contributed by atoms with Crippen LogP contribution >= 0.6 is 12.2 Å². The number of H-pyrrole nitrogens is 1. The molecule has 0 aromatic carbocycles. The number of aromatic nitrogens is 3. The number of rotatable bonds is 6. The number of carbonyl (C=O) groups is 1. The Labute approximate surface area is 113 Å². The molecule has 1 amide bonds. The average molecular weight is 270 g/mol. The smallest absolute Gasteiger partial charge is 0.221 e. The molecule has 0 aliphatic rings. The summed E-state index contributed by atoms with van der Waals surface area (Å²) >= 11 is 5.16. The first-order valence-corrected chi connectivity index (χ1v) is 6.74. The molecule has 0 radical (unpaired) electrons. The highest BCUT2D eigenvalue weighted by Gasteiger charge is 2.11. The van der Waals surface area contributed by atoms with Gasteiger partial charge in [0, 0.05) is 25.4 Å². The monoisotopic (exact) mass is 270 g/mol. The van der Waals surface area contributed by atoms with Crippen LogP contribution in [0.3, 0.4) is 0 Å². The highest BCUT2D eigenvalue weighted by Crippen LogP contribution is 2.11. The van der Waals surface area contributed by atoms with Gasteiger partial charge in [0.25, 0.3) is 0 Å². The summed E-state index contributed by atoms with van der Waals surface area (Å²) in [5.41, 5.74) is 0. The molecule has 6 heteroatoms. The van der Waals surface area contributed by atoms with Crippen LogP contribution in [0.1, 0.15) is 45.9 Å².